The first kappa shape index (κ1) is 17.6. The highest BCUT2D eigenvalue weighted by Crippen LogP contribution is 2.25. The molecule has 0 aliphatic heterocycles. The lowest BCUT2D eigenvalue weighted by atomic mass is 10.2. The Kier molecular flexibility index (Phi) is 7.53. The monoisotopic (exact) mass is 307 g/mol. The standard InChI is InChI=1S/C16H21NO5/c1-4-5-10-22-14-9-7-6-8-12(14)17-13(16(19)21-3)11-15(18)20-2/h6-9,11,17H,4-5,10H2,1-3H3/b13-11+. The normalized spacial score (nSPS) is 10.8. The van der Waals surface area contributed by atoms with Crippen LogP contribution in [0.2, 0.25) is 0 Å². The highest BCUT2D eigenvalue weighted by molar-refractivity contribution is 5.99. The van der Waals surface area contributed by atoms with Gasteiger partial charge in [0.1, 0.15) is 11.4 Å². The van der Waals surface area contributed by atoms with Gasteiger partial charge in [0.2, 0.25) is 0 Å². The number of para-hydroxylation sites is 2. The predicted molar refractivity (Wildman–Crippen MR) is 82.6 cm³/mol. The van der Waals surface area contributed by atoms with Gasteiger partial charge < -0.3 is 19.5 Å². The maximum absolute atomic E-state index is 11.7. The van der Waals surface area contributed by atoms with Crippen LogP contribution in [0.15, 0.2) is 36.0 Å². The Hall–Kier alpha value is -2.50. The van der Waals surface area contributed by atoms with Crippen LogP contribution >= 0.6 is 0 Å². The van der Waals surface area contributed by atoms with E-state index in [0.29, 0.717) is 18.0 Å². The van der Waals surface area contributed by atoms with Gasteiger partial charge in [-0.2, -0.15) is 0 Å². The molecule has 1 aromatic rings. The van der Waals surface area contributed by atoms with E-state index in [4.69, 9.17) is 4.74 Å². The first-order valence-corrected chi connectivity index (χ1v) is 6.99. The van der Waals surface area contributed by atoms with Crippen molar-refractivity contribution in [2.24, 2.45) is 0 Å². The van der Waals surface area contributed by atoms with Crippen LogP contribution in [0, 0.1) is 0 Å². The van der Waals surface area contributed by atoms with Crippen molar-refractivity contribution in [1.29, 1.82) is 0 Å². The molecule has 6 heteroatoms. The van der Waals surface area contributed by atoms with Crippen LogP contribution in [0.3, 0.4) is 0 Å². The fourth-order valence-electron chi connectivity index (χ4n) is 1.60. The summed E-state index contributed by atoms with van der Waals surface area (Å²) in [5, 5.41) is 2.85. The zero-order chi connectivity index (χ0) is 16.4. The summed E-state index contributed by atoms with van der Waals surface area (Å²) in [5.41, 5.74) is 0.542. The van der Waals surface area contributed by atoms with Crippen molar-refractivity contribution in [2.45, 2.75) is 19.8 Å². The number of ether oxygens (including phenoxy) is 3. The fourth-order valence-corrected chi connectivity index (χ4v) is 1.60. The number of unbranched alkanes of at least 4 members (excludes halogenated alkanes) is 1. The van der Waals surface area contributed by atoms with Crippen LogP contribution in [0.5, 0.6) is 5.75 Å². The summed E-state index contributed by atoms with van der Waals surface area (Å²) in [5.74, 6) is -0.735. The topological polar surface area (TPSA) is 73.9 Å². The maximum Gasteiger partial charge on any atom is 0.354 e. The first-order chi connectivity index (χ1) is 10.6. The van der Waals surface area contributed by atoms with Gasteiger partial charge in [-0.1, -0.05) is 25.5 Å². The second-order valence-electron chi connectivity index (χ2n) is 4.40. The molecule has 0 spiro atoms. The molecule has 0 amide bonds. The fraction of sp³-hybridized carbons (Fsp3) is 0.375. The van der Waals surface area contributed by atoms with Crippen molar-refractivity contribution in [3.05, 3.63) is 36.0 Å². The van der Waals surface area contributed by atoms with Crippen LogP contribution in [0.4, 0.5) is 5.69 Å². The van der Waals surface area contributed by atoms with Gasteiger partial charge in [0.15, 0.2) is 0 Å². The Bertz CT molecular complexity index is 539. The number of nitrogens with one attached hydrogen (secondary N) is 1. The number of benzene rings is 1. The second-order valence-corrected chi connectivity index (χ2v) is 4.40. The molecule has 6 nitrogen and oxygen atoms in total. The molecular formula is C16H21NO5. The summed E-state index contributed by atoms with van der Waals surface area (Å²) in [6.45, 7) is 2.64. The van der Waals surface area contributed by atoms with Crippen molar-refractivity contribution in [3.8, 4) is 5.75 Å². The minimum absolute atomic E-state index is 0.0270. The summed E-state index contributed by atoms with van der Waals surface area (Å²) < 4.78 is 14.8. The molecule has 0 saturated carbocycles. The SMILES string of the molecule is CCCCOc1ccccc1N/C(=C/C(=O)OC)C(=O)OC. The van der Waals surface area contributed by atoms with Gasteiger partial charge in [0.25, 0.3) is 0 Å². The molecule has 0 bridgehead atoms. The summed E-state index contributed by atoms with van der Waals surface area (Å²) >= 11 is 0. The molecular weight excluding hydrogens is 286 g/mol. The van der Waals surface area contributed by atoms with Crippen molar-refractivity contribution >= 4 is 17.6 Å². The van der Waals surface area contributed by atoms with E-state index >= 15 is 0 Å². The van der Waals surface area contributed by atoms with Crippen LogP contribution in [-0.4, -0.2) is 32.8 Å². The van der Waals surface area contributed by atoms with Gasteiger partial charge >= 0.3 is 11.9 Å². The van der Waals surface area contributed by atoms with Crippen molar-refractivity contribution < 1.29 is 23.8 Å². The number of methoxy groups -OCH3 is 2. The quantitative estimate of drug-likeness (QED) is 0.452. The van der Waals surface area contributed by atoms with E-state index in [1.54, 1.807) is 18.2 Å². The highest BCUT2D eigenvalue weighted by Gasteiger charge is 2.14. The largest absolute Gasteiger partial charge is 0.491 e. The highest BCUT2D eigenvalue weighted by atomic mass is 16.5. The minimum atomic E-state index is -0.672. The number of rotatable bonds is 8. The Morgan fingerprint density at radius 2 is 1.91 bits per heavy atom. The molecule has 0 saturated heterocycles. The molecule has 0 fully saturated rings. The average molecular weight is 307 g/mol. The Morgan fingerprint density at radius 3 is 2.55 bits per heavy atom. The summed E-state index contributed by atoms with van der Waals surface area (Å²) in [4.78, 5) is 23.1. The van der Waals surface area contributed by atoms with E-state index in [-0.39, 0.29) is 5.70 Å². The van der Waals surface area contributed by atoms with Crippen LogP contribution in [-0.2, 0) is 19.1 Å². The van der Waals surface area contributed by atoms with E-state index in [2.05, 4.69) is 21.7 Å². The van der Waals surface area contributed by atoms with E-state index < -0.39 is 11.9 Å². The predicted octanol–water partition coefficient (Wildman–Crippen LogP) is 2.51. The van der Waals surface area contributed by atoms with E-state index in [0.717, 1.165) is 18.9 Å². The van der Waals surface area contributed by atoms with E-state index in [9.17, 15) is 9.59 Å². The second kappa shape index (κ2) is 9.44. The van der Waals surface area contributed by atoms with E-state index in [1.807, 2.05) is 6.07 Å². The molecule has 1 N–H and O–H groups in total. The zero-order valence-corrected chi connectivity index (χ0v) is 13.0. The van der Waals surface area contributed by atoms with Crippen molar-refractivity contribution in [2.75, 3.05) is 26.1 Å². The Labute approximate surface area is 130 Å². The van der Waals surface area contributed by atoms with Crippen LogP contribution < -0.4 is 10.1 Å². The third-order valence-electron chi connectivity index (χ3n) is 2.78. The number of hydrogen-bond donors (Lipinski definition) is 1. The molecule has 1 aromatic carbocycles. The molecule has 0 aliphatic carbocycles. The van der Waals surface area contributed by atoms with Gasteiger partial charge in [0, 0.05) is 0 Å². The van der Waals surface area contributed by atoms with Crippen LogP contribution in [0.1, 0.15) is 19.8 Å². The third-order valence-corrected chi connectivity index (χ3v) is 2.78. The Balaban J connectivity index is 2.95. The zero-order valence-electron chi connectivity index (χ0n) is 13.0. The smallest absolute Gasteiger partial charge is 0.354 e. The lowest BCUT2D eigenvalue weighted by Gasteiger charge is -2.14. The molecule has 1 rings (SSSR count). The maximum atomic E-state index is 11.7. The van der Waals surface area contributed by atoms with Crippen molar-refractivity contribution in [1.82, 2.24) is 0 Å². The summed E-state index contributed by atoms with van der Waals surface area (Å²) in [6.07, 6.45) is 2.98. The van der Waals surface area contributed by atoms with Gasteiger partial charge in [-0.3, -0.25) is 0 Å². The molecule has 120 valence electrons. The Morgan fingerprint density at radius 1 is 1.18 bits per heavy atom. The van der Waals surface area contributed by atoms with Gasteiger partial charge in [-0.25, -0.2) is 9.59 Å². The van der Waals surface area contributed by atoms with Gasteiger partial charge in [-0.05, 0) is 18.6 Å². The third kappa shape index (κ3) is 5.47. The molecule has 0 atom stereocenters. The molecule has 0 radical (unpaired) electrons. The molecule has 0 aromatic heterocycles. The number of hydrogen-bond acceptors (Lipinski definition) is 6. The summed E-state index contributed by atoms with van der Waals surface area (Å²) in [7, 11) is 2.47. The number of carbonyl (C=O) groups is 2. The lowest BCUT2D eigenvalue weighted by Crippen LogP contribution is -2.16. The minimum Gasteiger partial charge on any atom is -0.491 e. The molecule has 0 aliphatic rings. The van der Waals surface area contributed by atoms with Crippen LogP contribution in [0.25, 0.3) is 0 Å². The number of esters is 2. The molecule has 0 unspecified atom stereocenters. The average Bonchev–Trinajstić information content (AvgIpc) is 2.55. The molecule has 22 heavy (non-hydrogen) atoms. The molecule has 0 heterocycles. The lowest BCUT2D eigenvalue weighted by molar-refractivity contribution is -0.138. The number of carbonyl (C=O) groups excluding carboxylic acids is 2. The van der Waals surface area contributed by atoms with Gasteiger partial charge in [-0.15, -0.1) is 0 Å². The first-order valence-electron chi connectivity index (χ1n) is 6.99. The van der Waals surface area contributed by atoms with Gasteiger partial charge in [0.05, 0.1) is 32.6 Å². The van der Waals surface area contributed by atoms with Crippen molar-refractivity contribution in [3.63, 3.8) is 0 Å². The number of anilines is 1. The summed E-state index contributed by atoms with van der Waals surface area (Å²) in [6, 6.07) is 7.15. The van der Waals surface area contributed by atoms with E-state index in [1.165, 1.54) is 14.2 Å².